The maximum atomic E-state index is 10.5. The second-order valence-electron chi connectivity index (χ2n) is 3.52. The molecule has 0 unspecified atom stereocenters. The fourth-order valence-corrected chi connectivity index (χ4v) is 1.36. The first-order valence-electron chi connectivity index (χ1n) is 5.05. The van der Waals surface area contributed by atoms with Crippen molar-refractivity contribution < 1.29 is 9.34 Å². The van der Waals surface area contributed by atoms with E-state index >= 15 is 0 Å². The summed E-state index contributed by atoms with van der Waals surface area (Å²) >= 11 is 0. The fraction of sp³-hybridized carbons (Fsp3) is 0.182. The van der Waals surface area contributed by atoms with E-state index in [1.54, 1.807) is 18.3 Å². The van der Waals surface area contributed by atoms with Gasteiger partial charge in [-0.2, -0.15) is 0 Å². The normalized spacial score (nSPS) is 10.2. The van der Waals surface area contributed by atoms with Crippen LogP contribution in [0.2, 0.25) is 0 Å². The SMILES string of the molecule is Cc1cnc(CNc2ccc([N+](=O)[O-])cc2)o1. The lowest BCUT2D eigenvalue weighted by Crippen LogP contribution is -1.99. The quantitative estimate of drug-likeness (QED) is 0.648. The van der Waals surface area contributed by atoms with Crippen molar-refractivity contribution in [3.63, 3.8) is 0 Å². The molecule has 0 amide bonds. The van der Waals surface area contributed by atoms with Gasteiger partial charge in [0.1, 0.15) is 5.76 Å². The number of rotatable bonds is 4. The van der Waals surface area contributed by atoms with E-state index < -0.39 is 4.92 Å². The summed E-state index contributed by atoms with van der Waals surface area (Å²) in [5.74, 6) is 1.34. The van der Waals surface area contributed by atoms with Crippen molar-refractivity contribution in [1.29, 1.82) is 0 Å². The third-order valence-electron chi connectivity index (χ3n) is 2.19. The number of hydrogen-bond donors (Lipinski definition) is 1. The molecule has 2 rings (SSSR count). The monoisotopic (exact) mass is 233 g/mol. The minimum Gasteiger partial charge on any atom is -0.444 e. The molecule has 0 aliphatic carbocycles. The summed E-state index contributed by atoms with van der Waals surface area (Å²) in [6.45, 7) is 2.27. The maximum Gasteiger partial charge on any atom is 0.269 e. The molecular formula is C11H11N3O3. The van der Waals surface area contributed by atoms with Gasteiger partial charge in [-0.15, -0.1) is 0 Å². The van der Waals surface area contributed by atoms with Crippen LogP contribution < -0.4 is 5.32 Å². The molecule has 1 N–H and O–H groups in total. The molecule has 2 aromatic rings. The van der Waals surface area contributed by atoms with Crippen molar-refractivity contribution in [1.82, 2.24) is 4.98 Å². The highest BCUT2D eigenvalue weighted by Crippen LogP contribution is 2.16. The Balaban J connectivity index is 1.97. The van der Waals surface area contributed by atoms with E-state index in [1.807, 2.05) is 6.92 Å². The molecule has 17 heavy (non-hydrogen) atoms. The van der Waals surface area contributed by atoms with E-state index in [9.17, 15) is 10.1 Å². The van der Waals surface area contributed by atoms with E-state index in [-0.39, 0.29) is 5.69 Å². The predicted octanol–water partition coefficient (Wildman–Crippen LogP) is 2.50. The Kier molecular flexibility index (Phi) is 3.04. The number of nitro groups is 1. The van der Waals surface area contributed by atoms with Gasteiger partial charge in [-0.3, -0.25) is 10.1 Å². The van der Waals surface area contributed by atoms with Crippen LogP contribution in [-0.2, 0) is 6.54 Å². The largest absolute Gasteiger partial charge is 0.444 e. The third kappa shape index (κ3) is 2.81. The van der Waals surface area contributed by atoms with Crippen LogP contribution in [0, 0.1) is 17.0 Å². The Morgan fingerprint density at radius 1 is 1.41 bits per heavy atom. The molecule has 0 bridgehead atoms. The summed E-state index contributed by atoms with van der Waals surface area (Å²) in [7, 11) is 0. The molecule has 1 aromatic carbocycles. The summed E-state index contributed by atoms with van der Waals surface area (Å²) in [5, 5.41) is 13.5. The van der Waals surface area contributed by atoms with Crippen molar-refractivity contribution in [2.24, 2.45) is 0 Å². The summed E-state index contributed by atoms with van der Waals surface area (Å²) in [6.07, 6.45) is 1.65. The maximum absolute atomic E-state index is 10.5. The summed E-state index contributed by atoms with van der Waals surface area (Å²) < 4.78 is 5.29. The lowest BCUT2D eigenvalue weighted by Gasteiger charge is -2.02. The van der Waals surface area contributed by atoms with Crippen molar-refractivity contribution in [3.8, 4) is 0 Å². The number of oxazole rings is 1. The molecular weight excluding hydrogens is 222 g/mol. The van der Waals surface area contributed by atoms with Crippen LogP contribution >= 0.6 is 0 Å². The first-order valence-corrected chi connectivity index (χ1v) is 5.05. The van der Waals surface area contributed by atoms with E-state index in [0.717, 1.165) is 11.4 Å². The predicted molar refractivity (Wildman–Crippen MR) is 61.7 cm³/mol. The smallest absolute Gasteiger partial charge is 0.269 e. The number of nitro benzene ring substituents is 1. The van der Waals surface area contributed by atoms with Gasteiger partial charge in [0.05, 0.1) is 17.7 Å². The van der Waals surface area contributed by atoms with Crippen molar-refractivity contribution in [2.75, 3.05) is 5.32 Å². The minimum atomic E-state index is -0.429. The number of hydrogen-bond acceptors (Lipinski definition) is 5. The number of non-ortho nitro benzene ring substituents is 1. The number of aromatic nitrogens is 1. The molecule has 0 saturated carbocycles. The number of anilines is 1. The molecule has 1 aromatic heterocycles. The van der Waals surface area contributed by atoms with E-state index in [0.29, 0.717) is 12.4 Å². The average molecular weight is 233 g/mol. The highest BCUT2D eigenvalue weighted by atomic mass is 16.6. The van der Waals surface area contributed by atoms with Gasteiger partial charge < -0.3 is 9.73 Å². The Labute approximate surface area is 97.4 Å². The molecule has 0 spiro atoms. The minimum absolute atomic E-state index is 0.0718. The molecule has 0 saturated heterocycles. The zero-order chi connectivity index (χ0) is 12.3. The van der Waals surface area contributed by atoms with Gasteiger partial charge in [0.2, 0.25) is 5.89 Å². The highest BCUT2D eigenvalue weighted by molar-refractivity contribution is 5.48. The van der Waals surface area contributed by atoms with Gasteiger partial charge in [-0.25, -0.2) is 4.98 Å². The van der Waals surface area contributed by atoms with Crippen LogP contribution in [0.1, 0.15) is 11.7 Å². The Morgan fingerprint density at radius 3 is 2.65 bits per heavy atom. The Bertz CT molecular complexity index is 519. The van der Waals surface area contributed by atoms with Crippen LogP contribution in [0.4, 0.5) is 11.4 Å². The van der Waals surface area contributed by atoms with Gasteiger partial charge in [0, 0.05) is 17.8 Å². The van der Waals surface area contributed by atoms with Crippen molar-refractivity contribution >= 4 is 11.4 Å². The fourth-order valence-electron chi connectivity index (χ4n) is 1.36. The molecule has 6 nitrogen and oxygen atoms in total. The van der Waals surface area contributed by atoms with Gasteiger partial charge in [-0.1, -0.05) is 0 Å². The molecule has 0 aliphatic heterocycles. The molecule has 0 fully saturated rings. The van der Waals surface area contributed by atoms with Crippen LogP contribution in [-0.4, -0.2) is 9.91 Å². The zero-order valence-corrected chi connectivity index (χ0v) is 9.21. The molecule has 6 heteroatoms. The van der Waals surface area contributed by atoms with Crippen molar-refractivity contribution in [2.45, 2.75) is 13.5 Å². The van der Waals surface area contributed by atoms with Crippen LogP contribution in [0.5, 0.6) is 0 Å². The molecule has 88 valence electrons. The van der Waals surface area contributed by atoms with E-state index in [2.05, 4.69) is 10.3 Å². The van der Waals surface area contributed by atoms with E-state index in [1.165, 1.54) is 12.1 Å². The first-order chi connectivity index (χ1) is 8.15. The average Bonchev–Trinajstić information content (AvgIpc) is 2.73. The van der Waals surface area contributed by atoms with E-state index in [4.69, 9.17) is 4.42 Å². The number of benzene rings is 1. The van der Waals surface area contributed by atoms with Gasteiger partial charge in [-0.05, 0) is 19.1 Å². The second kappa shape index (κ2) is 4.65. The van der Waals surface area contributed by atoms with Crippen LogP contribution in [0.25, 0.3) is 0 Å². The van der Waals surface area contributed by atoms with Gasteiger partial charge in [0.15, 0.2) is 0 Å². The molecule has 0 atom stereocenters. The Hall–Kier alpha value is -2.37. The zero-order valence-electron chi connectivity index (χ0n) is 9.21. The molecule has 1 heterocycles. The summed E-state index contributed by atoms with van der Waals surface area (Å²) in [5.41, 5.74) is 0.856. The van der Waals surface area contributed by atoms with Crippen molar-refractivity contribution in [3.05, 3.63) is 52.2 Å². The van der Waals surface area contributed by atoms with Gasteiger partial charge >= 0.3 is 0 Å². The van der Waals surface area contributed by atoms with Gasteiger partial charge in [0.25, 0.3) is 5.69 Å². The van der Waals surface area contributed by atoms with Crippen LogP contribution in [0.15, 0.2) is 34.9 Å². The lowest BCUT2D eigenvalue weighted by molar-refractivity contribution is -0.384. The molecule has 0 aliphatic rings. The number of nitrogens with zero attached hydrogens (tertiary/aromatic N) is 2. The summed E-state index contributed by atoms with van der Waals surface area (Å²) in [6, 6.07) is 6.19. The first kappa shape index (κ1) is 11.1. The lowest BCUT2D eigenvalue weighted by atomic mass is 10.3. The topological polar surface area (TPSA) is 81.2 Å². The standard InChI is InChI=1S/C11H11N3O3/c1-8-6-13-11(17-8)7-12-9-2-4-10(5-3-9)14(15)16/h2-6,12H,7H2,1H3. The Morgan fingerprint density at radius 2 is 2.12 bits per heavy atom. The summed E-state index contributed by atoms with van der Waals surface area (Å²) in [4.78, 5) is 14.1. The molecule has 0 radical (unpaired) electrons. The third-order valence-corrected chi connectivity index (χ3v) is 2.19. The second-order valence-corrected chi connectivity index (χ2v) is 3.52. The number of aryl methyl sites for hydroxylation is 1. The van der Waals surface area contributed by atoms with Crippen LogP contribution in [0.3, 0.4) is 0 Å². The highest BCUT2D eigenvalue weighted by Gasteiger charge is 2.04. The number of nitrogens with one attached hydrogen (secondary N) is 1.